The second-order valence-corrected chi connectivity index (χ2v) is 12.8. The molecule has 0 unspecified atom stereocenters. The maximum absolute atomic E-state index is 12.5. The lowest BCUT2D eigenvalue weighted by atomic mass is 9.72. The largest absolute Gasteiger partial charge is 0.322 e. The molecular formula is C44H51NO. The molecule has 1 aliphatic carbocycles. The van der Waals surface area contributed by atoms with Crippen molar-refractivity contribution in [1.29, 1.82) is 0 Å². The first-order chi connectivity index (χ1) is 22.0. The fourth-order valence-corrected chi connectivity index (χ4v) is 5.26. The van der Waals surface area contributed by atoms with Crippen molar-refractivity contribution in [3.63, 3.8) is 0 Å². The Bertz CT molecular complexity index is 1620. The highest BCUT2D eigenvalue weighted by molar-refractivity contribution is 6.04. The maximum atomic E-state index is 12.5. The molecule has 2 nitrogen and oxygen atoms in total. The standard InChI is InChI=1S/C44H51NO/c1-34(16-11-12-17-35(2)19-14-21-37(4)26-32-42-38(5)22-15-33-44(42,6)7)18-13-20-36(3)25-27-39-28-30-40(31-29-39)43(46)45-41-23-9-8-10-24-41/h8-14,16-21,23-32H,15,22,33H2,1-7H3,(H,45,46)/b12-11+,18-13+,19-14+,27-25+,32-26+,34-16+,35-17+,36-20+,37-21+. The van der Waals surface area contributed by atoms with Gasteiger partial charge >= 0.3 is 0 Å². The van der Waals surface area contributed by atoms with E-state index >= 15 is 0 Å². The fraction of sp³-hybridized carbons (Fsp3) is 0.250. The Morgan fingerprint density at radius 2 is 1.20 bits per heavy atom. The van der Waals surface area contributed by atoms with Gasteiger partial charge in [-0.25, -0.2) is 0 Å². The summed E-state index contributed by atoms with van der Waals surface area (Å²) in [6.45, 7) is 15.5. The highest BCUT2D eigenvalue weighted by Gasteiger charge is 2.26. The monoisotopic (exact) mass is 609 g/mol. The van der Waals surface area contributed by atoms with Crippen LogP contribution >= 0.6 is 0 Å². The number of hydrogen-bond donors (Lipinski definition) is 1. The van der Waals surface area contributed by atoms with Crippen LogP contribution in [0.2, 0.25) is 0 Å². The predicted molar refractivity (Wildman–Crippen MR) is 202 cm³/mol. The third kappa shape index (κ3) is 12.7. The first kappa shape index (κ1) is 35.8. The number of allylic oxidation sites excluding steroid dienone is 19. The van der Waals surface area contributed by atoms with Crippen molar-refractivity contribution >= 4 is 17.7 Å². The van der Waals surface area contributed by atoms with E-state index in [9.17, 15) is 4.79 Å². The maximum Gasteiger partial charge on any atom is 0.255 e. The minimum atomic E-state index is -0.113. The number of nitrogens with one attached hydrogen (secondary N) is 1. The van der Waals surface area contributed by atoms with Crippen molar-refractivity contribution < 1.29 is 4.79 Å². The van der Waals surface area contributed by atoms with Crippen LogP contribution < -0.4 is 5.32 Å². The van der Waals surface area contributed by atoms with Crippen LogP contribution in [0.25, 0.3) is 6.08 Å². The van der Waals surface area contributed by atoms with Gasteiger partial charge in [0.2, 0.25) is 0 Å². The summed E-state index contributed by atoms with van der Waals surface area (Å²) in [4.78, 5) is 12.5. The van der Waals surface area contributed by atoms with Crippen LogP contribution in [-0.4, -0.2) is 5.91 Å². The van der Waals surface area contributed by atoms with E-state index in [2.05, 4.69) is 139 Å². The number of amides is 1. The number of hydrogen-bond acceptors (Lipinski definition) is 1. The summed E-state index contributed by atoms with van der Waals surface area (Å²) in [7, 11) is 0. The van der Waals surface area contributed by atoms with Gasteiger partial charge in [0.05, 0.1) is 0 Å². The Hall–Kier alpha value is -4.69. The fourth-order valence-electron chi connectivity index (χ4n) is 5.26. The van der Waals surface area contributed by atoms with Gasteiger partial charge in [-0.2, -0.15) is 0 Å². The third-order valence-electron chi connectivity index (χ3n) is 8.06. The molecule has 2 aromatic rings. The van der Waals surface area contributed by atoms with Crippen molar-refractivity contribution in [3.8, 4) is 0 Å². The number of para-hydroxylation sites is 1. The van der Waals surface area contributed by atoms with Gasteiger partial charge in [-0.1, -0.05) is 157 Å². The molecule has 0 saturated carbocycles. The third-order valence-corrected chi connectivity index (χ3v) is 8.06. The smallest absolute Gasteiger partial charge is 0.255 e. The molecule has 0 radical (unpaired) electrons. The average Bonchev–Trinajstić information content (AvgIpc) is 3.02. The molecule has 1 amide bonds. The van der Waals surface area contributed by atoms with Gasteiger partial charge in [0.15, 0.2) is 0 Å². The second kappa shape index (κ2) is 18.3. The zero-order valence-corrected chi connectivity index (χ0v) is 28.8. The molecular weight excluding hydrogens is 558 g/mol. The summed E-state index contributed by atoms with van der Waals surface area (Å²) in [6.07, 6.45) is 33.6. The Labute approximate surface area is 278 Å². The van der Waals surface area contributed by atoms with Crippen molar-refractivity contribution in [2.75, 3.05) is 5.32 Å². The van der Waals surface area contributed by atoms with E-state index in [0.717, 1.165) is 16.8 Å². The van der Waals surface area contributed by atoms with Crippen molar-refractivity contribution in [3.05, 3.63) is 178 Å². The van der Waals surface area contributed by atoms with Crippen LogP contribution in [0.5, 0.6) is 0 Å². The molecule has 1 aliphatic rings. The van der Waals surface area contributed by atoms with E-state index in [1.807, 2.05) is 54.6 Å². The molecule has 46 heavy (non-hydrogen) atoms. The first-order valence-corrected chi connectivity index (χ1v) is 16.3. The van der Waals surface area contributed by atoms with Crippen molar-refractivity contribution in [2.24, 2.45) is 5.41 Å². The molecule has 0 spiro atoms. The van der Waals surface area contributed by atoms with Crippen LogP contribution in [0, 0.1) is 5.41 Å². The van der Waals surface area contributed by atoms with E-state index in [1.165, 1.54) is 47.1 Å². The molecule has 0 heterocycles. The van der Waals surface area contributed by atoms with Gasteiger partial charge in [-0.05, 0) is 94.7 Å². The highest BCUT2D eigenvalue weighted by atomic mass is 16.1. The summed E-state index contributed by atoms with van der Waals surface area (Å²) in [5.74, 6) is -0.113. The molecule has 0 aliphatic heterocycles. The lowest BCUT2D eigenvalue weighted by Gasteiger charge is -2.32. The number of rotatable bonds is 12. The summed E-state index contributed by atoms with van der Waals surface area (Å²) in [5, 5.41) is 2.91. The topological polar surface area (TPSA) is 29.1 Å². The second-order valence-electron chi connectivity index (χ2n) is 12.8. The Balaban J connectivity index is 1.45. The summed E-state index contributed by atoms with van der Waals surface area (Å²) < 4.78 is 0. The molecule has 0 saturated heterocycles. The molecule has 1 N–H and O–H groups in total. The molecule has 3 rings (SSSR count). The molecule has 2 aromatic carbocycles. The number of carbonyl (C=O) groups is 1. The minimum absolute atomic E-state index is 0.113. The molecule has 0 fully saturated rings. The van der Waals surface area contributed by atoms with Crippen molar-refractivity contribution in [1.82, 2.24) is 0 Å². The number of benzene rings is 2. The minimum Gasteiger partial charge on any atom is -0.322 e. The van der Waals surface area contributed by atoms with Gasteiger partial charge in [0.1, 0.15) is 0 Å². The lowest BCUT2D eigenvalue weighted by Crippen LogP contribution is -2.19. The van der Waals surface area contributed by atoms with Gasteiger partial charge < -0.3 is 5.32 Å². The van der Waals surface area contributed by atoms with E-state index < -0.39 is 0 Å². The summed E-state index contributed by atoms with van der Waals surface area (Å²) >= 11 is 0. The SMILES string of the molecule is CC1=C(/C=C/C(C)=C/C=C/C(C)=C/C=C/C=C(C)/C=C/C=C(C)/C=C/c2ccc(C(=O)Nc3ccccc3)cc2)C(C)(C)CCC1. The number of anilines is 1. The first-order valence-electron chi connectivity index (χ1n) is 16.3. The quantitative estimate of drug-likeness (QED) is 0.238. The molecule has 238 valence electrons. The van der Waals surface area contributed by atoms with E-state index in [0.29, 0.717) is 5.56 Å². The highest BCUT2D eigenvalue weighted by Crippen LogP contribution is 2.40. The molecule has 0 atom stereocenters. The van der Waals surface area contributed by atoms with Crippen LogP contribution in [0.1, 0.15) is 83.7 Å². The van der Waals surface area contributed by atoms with Crippen molar-refractivity contribution in [2.45, 2.75) is 67.7 Å². The van der Waals surface area contributed by atoms with Gasteiger partial charge in [-0.15, -0.1) is 0 Å². The lowest BCUT2D eigenvalue weighted by molar-refractivity contribution is 0.102. The number of carbonyl (C=O) groups excluding carboxylic acids is 1. The van der Waals surface area contributed by atoms with Gasteiger partial charge in [-0.3, -0.25) is 4.79 Å². The Morgan fingerprint density at radius 1 is 0.674 bits per heavy atom. The van der Waals surface area contributed by atoms with E-state index in [1.54, 1.807) is 0 Å². The Morgan fingerprint density at radius 3 is 1.76 bits per heavy atom. The van der Waals surface area contributed by atoms with Gasteiger partial charge in [0, 0.05) is 11.3 Å². The Kier molecular flexibility index (Phi) is 14.3. The predicted octanol–water partition coefficient (Wildman–Crippen LogP) is 12.5. The summed E-state index contributed by atoms with van der Waals surface area (Å²) in [6, 6.07) is 17.1. The molecule has 2 heteroatoms. The van der Waals surface area contributed by atoms with E-state index in [-0.39, 0.29) is 11.3 Å². The van der Waals surface area contributed by atoms with E-state index in [4.69, 9.17) is 0 Å². The van der Waals surface area contributed by atoms with Crippen LogP contribution in [-0.2, 0) is 0 Å². The molecule has 0 bridgehead atoms. The molecule has 0 aromatic heterocycles. The van der Waals surface area contributed by atoms with Crippen LogP contribution in [0.15, 0.2) is 167 Å². The van der Waals surface area contributed by atoms with Crippen LogP contribution in [0.4, 0.5) is 5.69 Å². The van der Waals surface area contributed by atoms with Gasteiger partial charge in [0.25, 0.3) is 5.91 Å². The van der Waals surface area contributed by atoms with Crippen LogP contribution in [0.3, 0.4) is 0 Å². The normalized spacial score (nSPS) is 17.0. The summed E-state index contributed by atoms with van der Waals surface area (Å²) in [5.41, 5.74) is 10.5. The zero-order valence-electron chi connectivity index (χ0n) is 28.8. The zero-order chi connectivity index (χ0) is 33.4. The average molecular weight is 610 g/mol.